The summed E-state index contributed by atoms with van der Waals surface area (Å²) in [4.78, 5) is 24.9. The molecule has 1 fully saturated rings. The van der Waals surface area contributed by atoms with Crippen molar-refractivity contribution in [1.82, 2.24) is 10.6 Å². The van der Waals surface area contributed by atoms with Gasteiger partial charge in [0.05, 0.1) is 6.26 Å². The minimum Gasteiger partial charge on any atom is -0.459 e. The standard InChI is InChI=1S/C18H28N2O4/c1-12(2)16(20-17(22)15-9-6-10-24-15)18(23)19-14-8-5-3-4-7-13(14)11-21/h6,9-10,12-14,16,21H,3-5,7-8,11H2,1-2H3,(H,19,23)(H,20,22). The highest BCUT2D eigenvalue weighted by molar-refractivity contribution is 5.95. The molecule has 0 bridgehead atoms. The van der Waals surface area contributed by atoms with Crippen molar-refractivity contribution in [2.75, 3.05) is 6.61 Å². The van der Waals surface area contributed by atoms with Gasteiger partial charge < -0.3 is 20.2 Å². The molecule has 2 amide bonds. The van der Waals surface area contributed by atoms with Crippen LogP contribution in [0.1, 0.15) is 56.5 Å². The lowest BCUT2D eigenvalue weighted by atomic mass is 9.94. The molecule has 3 unspecified atom stereocenters. The van der Waals surface area contributed by atoms with Crippen molar-refractivity contribution < 1.29 is 19.1 Å². The largest absolute Gasteiger partial charge is 0.459 e. The van der Waals surface area contributed by atoms with Crippen molar-refractivity contribution in [3.05, 3.63) is 24.2 Å². The van der Waals surface area contributed by atoms with E-state index in [1.54, 1.807) is 12.1 Å². The smallest absolute Gasteiger partial charge is 0.287 e. The van der Waals surface area contributed by atoms with Crippen molar-refractivity contribution in [1.29, 1.82) is 0 Å². The molecule has 0 radical (unpaired) electrons. The molecule has 1 saturated carbocycles. The highest BCUT2D eigenvalue weighted by atomic mass is 16.3. The summed E-state index contributed by atoms with van der Waals surface area (Å²) in [6.45, 7) is 3.86. The number of rotatable bonds is 6. The Morgan fingerprint density at radius 2 is 2.04 bits per heavy atom. The molecule has 3 N–H and O–H groups in total. The third-order valence-electron chi connectivity index (χ3n) is 4.70. The summed E-state index contributed by atoms with van der Waals surface area (Å²) in [5.74, 6) is -0.368. The fourth-order valence-electron chi connectivity index (χ4n) is 3.22. The highest BCUT2D eigenvalue weighted by Crippen LogP contribution is 2.23. The third kappa shape index (κ3) is 4.84. The van der Waals surface area contributed by atoms with Crippen LogP contribution in [-0.4, -0.2) is 35.6 Å². The van der Waals surface area contributed by atoms with Gasteiger partial charge in [0.15, 0.2) is 5.76 Å². The van der Waals surface area contributed by atoms with Gasteiger partial charge in [0.2, 0.25) is 5.91 Å². The van der Waals surface area contributed by atoms with E-state index < -0.39 is 11.9 Å². The van der Waals surface area contributed by atoms with Gasteiger partial charge in [0.1, 0.15) is 6.04 Å². The number of carbonyl (C=O) groups excluding carboxylic acids is 2. The molecule has 0 spiro atoms. The number of amides is 2. The van der Waals surface area contributed by atoms with Gasteiger partial charge >= 0.3 is 0 Å². The van der Waals surface area contributed by atoms with E-state index in [0.29, 0.717) is 0 Å². The second-order valence-electron chi connectivity index (χ2n) is 6.87. The van der Waals surface area contributed by atoms with Crippen molar-refractivity contribution in [3.8, 4) is 0 Å². The number of aliphatic hydroxyl groups excluding tert-OH is 1. The minimum absolute atomic E-state index is 0.0354. The number of nitrogens with one attached hydrogen (secondary N) is 2. The summed E-state index contributed by atoms with van der Waals surface area (Å²) in [6.07, 6.45) is 6.48. The zero-order valence-corrected chi connectivity index (χ0v) is 14.5. The summed E-state index contributed by atoms with van der Waals surface area (Å²) in [5, 5.41) is 15.4. The maximum Gasteiger partial charge on any atom is 0.287 e. The van der Waals surface area contributed by atoms with E-state index in [9.17, 15) is 14.7 Å². The highest BCUT2D eigenvalue weighted by Gasteiger charge is 2.30. The summed E-state index contributed by atoms with van der Waals surface area (Å²) >= 11 is 0. The third-order valence-corrected chi connectivity index (χ3v) is 4.70. The molecule has 1 aromatic heterocycles. The summed E-state index contributed by atoms with van der Waals surface area (Å²) in [6, 6.07) is 2.53. The fourth-order valence-corrected chi connectivity index (χ4v) is 3.22. The Hall–Kier alpha value is -1.82. The van der Waals surface area contributed by atoms with Gasteiger partial charge in [-0.15, -0.1) is 0 Å². The number of hydrogen-bond acceptors (Lipinski definition) is 4. The molecule has 6 nitrogen and oxygen atoms in total. The molecule has 1 aliphatic rings. The maximum atomic E-state index is 12.7. The Labute approximate surface area is 143 Å². The number of aliphatic hydroxyl groups is 1. The van der Waals surface area contributed by atoms with Gasteiger partial charge in [-0.2, -0.15) is 0 Å². The summed E-state index contributed by atoms with van der Waals surface area (Å²) in [7, 11) is 0. The number of carbonyl (C=O) groups is 2. The Balaban J connectivity index is 2.01. The molecule has 3 atom stereocenters. The molecular formula is C18H28N2O4. The molecule has 1 heterocycles. The zero-order valence-electron chi connectivity index (χ0n) is 14.5. The minimum atomic E-state index is -0.634. The van der Waals surface area contributed by atoms with Crippen LogP contribution in [0.15, 0.2) is 22.8 Å². The molecule has 2 rings (SSSR count). The van der Waals surface area contributed by atoms with Crippen molar-refractivity contribution >= 4 is 11.8 Å². The Morgan fingerprint density at radius 3 is 2.67 bits per heavy atom. The lowest BCUT2D eigenvalue weighted by Gasteiger charge is -2.28. The normalized spacial score (nSPS) is 22.7. The first-order valence-electron chi connectivity index (χ1n) is 8.78. The first-order valence-corrected chi connectivity index (χ1v) is 8.78. The quantitative estimate of drug-likeness (QED) is 0.694. The van der Waals surface area contributed by atoms with E-state index in [1.807, 2.05) is 13.8 Å². The van der Waals surface area contributed by atoms with Gasteiger partial charge in [0.25, 0.3) is 5.91 Å². The SMILES string of the molecule is CC(C)C(NC(=O)c1ccco1)C(=O)NC1CCCCCC1CO. The summed E-state index contributed by atoms with van der Waals surface area (Å²) in [5.41, 5.74) is 0. The van der Waals surface area contributed by atoms with Crippen LogP contribution in [-0.2, 0) is 4.79 Å². The van der Waals surface area contributed by atoms with Crippen LogP contribution in [0.2, 0.25) is 0 Å². The Kier molecular flexibility index (Phi) is 6.85. The van der Waals surface area contributed by atoms with Gasteiger partial charge in [0, 0.05) is 18.6 Å². The van der Waals surface area contributed by atoms with E-state index in [2.05, 4.69) is 10.6 Å². The Bertz CT molecular complexity index is 527. The van der Waals surface area contributed by atoms with Gasteiger partial charge in [-0.1, -0.05) is 33.1 Å². The zero-order chi connectivity index (χ0) is 17.5. The van der Waals surface area contributed by atoms with Crippen LogP contribution in [0.5, 0.6) is 0 Å². The number of furan rings is 1. The van der Waals surface area contributed by atoms with Crippen LogP contribution in [0.3, 0.4) is 0 Å². The lowest BCUT2D eigenvalue weighted by molar-refractivity contribution is -0.125. The van der Waals surface area contributed by atoms with Crippen LogP contribution < -0.4 is 10.6 Å². The van der Waals surface area contributed by atoms with E-state index in [1.165, 1.54) is 6.26 Å². The molecule has 0 saturated heterocycles. The van der Waals surface area contributed by atoms with Gasteiger partial charge in [-0.25, -0.2) is 0 Å². The predicted molar refractivity (Wildman–Crippen MR) is 90.4 cm³/mol. The lowest BCUT2D eigenvalue weighted by Crippen LogP contribution is -2.53. The van der Waals surface area contributed by atoms with E-state index in [-0.39, 0.29) is 36.2 Å². The number of hydrogen-bond donors (Lipinski definition) is 3. The molecule has 134 valence electrons. The first kappa shape index (κ1) is 18.5. The summed E-state index contributed by atoms with van der Waals surface area (Å²) < 4.78 is 5.08. The first-order chi connectivity index (χ1) is 11.5. The average molecular weight is 336 g/mol. The van der Waals surface area contributed by atoms with Crippen molar-refractivity contribution in [2.45, 2.75) is 58.0 Å². The monoisotopic (exact) mass is 336 g/mol. The van der Waals surface area contributed by atoms with Crippen LogP contribution in [0, 0.1) is 11.8 Å². The van der Waals surface area contributed by atoms with Crippen molar-refractivity contribution in [2.24, 2.45) is 11.8 Å². The van der Waals surface area contributed by atoms with Crippen LogP contribution in [0.4, 0.5) is 0 Å². The molecular weight excluding hydrogens is 308 g/mol. The van der Waals surface area contributed by atoms with Gasteiger partial charge in [-0.05, 0) is 30.9 Å². The molecule has 6 heteroatoms. The van der Waals surface area contributed by atoms with Crippen LogP contribution in [0.25, 0.3) is 0 Å². The molecule has 24 heavy (non-hydrogen) atoms. The second kappa shape index (κ2) is 8.87. The molecule has 1 aromatic rings. The topological polar surface area (TPSA) is 91.6 Å². The molecule has 0 aromatic carbocycles. The predicted octanol–water partition coefficient (Wildman–Crippen LogP) is 2.09. The van der Waals surface area contributed by atoms with E-state index in [4.69, 9.17) is 4.42 Å². The molecule has 1 aliphatic carbocycles. The fraction of sp³-hybridized carbons (Fsp3) is 0.667. The van der Waals surface area contributed by atoms with E-state index in [0.717, 1.165) is 32.1 Å². The van der Waals surface area contributed by atoms with Crippen LogP contribution >= 0.6 is 0 Å². The molecule has 0 aliphatic heterocycles. The van der Waals surface area contributed by atoms with Crippen molar-refractivity contribution in [3.63, 3.8) is 0 Å². The average Bonchev–Trinajstić information content (AvgIpc) is 3.00. The maximum absolute atomic E-state index is 12.7. The van der Waals surface area contributed by atoms with Gasteiger partial charge in [-0.3, -0.25) is 9.59 Å². The second-order valence-corrected chi connectivity index (χ2v) is 6.87. The Morgan fingerprint density at radius 1 is 1.29 bits per heavy atom. The van der Waals surface area contributed by atoms with E-state index >= 15 is 0 Å².